The highest BCUT2D eigenvalue weighted by atomic mass is 32.2. The highest BCUT2D eigenvalue weighted by Crippen LogP contribution is 2.34. The van der Waals surface area contributed by atoms with Crippen molar-refractivity contribution in [2.75, 3.05) is 13.2 Å². The zero-order valence-corrected chi connectivity index (χ0v) is 17.4. The van der Waals surface area contributed by atoms with Crippen LogP contribution in [0, 0.1) is 0 Å². The molecule has 6 nitrogen and oxygen atoms in total. The van der Waals surface area contributed by atoms with E-state index in [9.17, 15) is 14.4 Å². The fourth-order valence-corrected chi connectivity index (χ4v) is 5.32. The average molecular weight is 429 g/mol. The standard InChI is InChI=1S/C21H20N2O4S2/c1-13-23(20(25)16-4-2-3-5-17(16)28-13)10-11-27-15-8-6-14(7-9-15)12-18-19(24)22-21(26)29-18/h2-9,13,18H,10-12H2,1H3,(H,22,24,26). The summed E-state index contributed by atoms with van der Waals surface area (Å²) < 4.78 is 5.81. The van der Waals surface area contributed by atoms with Gasteiger partial charge in [-0.05, 0) is 43.2 Å². The van der Waals surface area contributed by atoms with Gasteiger partial charge in [-0.1, -0.05) is 36.0 Å². The number of nitrogens with one attached hydrogen (secondary N) is 1. The second-order valence-corrected chi connectivity index (χ2v) is 9.32. The smallest absolute Gasteiger partial charge is 0.286 e. The van der Waals surface area contributed by atoms with Crippen molar-refractivity contribution in [3.63, 3.8) is 0 Å². The Morgan fingerprint density at radius 3 is 2.52 bits per heavy atom. The molecule has 1 saturated heterocycles. The maximum absolute atomic E-state index is 12.7. The van der Waals surface area contributed by atoms with Crippen LogP contribution in [0.25, 0.3) is 0 Å². The summed E-state index contributed by atoms with van der Waals surface area (Å²) in [6.45, 7) is 2.92. The number of ether oxygens (including phenoxy) is 1. The number of fused-ring (bicyclic) bond motifs is 1. The molecule has 4 rings (SSSR count). The zero-order valence-electron chi connectivity index (χ0n) is 15.8. The third-order valence-corrected chi connectivity index (χ3v) is 7.01. The van der Waals surface area contributed by atoms with Crippen molar-refractivity contribution in [2.45, 2.75) is 28.9 Å². The molecule has 29 heavy (non-hydrogen) atoms. The Bertz CT molecular complexity index is 948. The van der Waals surface area contributed by atoms with Gasteiger partial charge in [0.15, 0.2) is 0 Å². The van der Waals surface area contributed by atoms with E-state index >= 15 is 0 Å². The second-order valence-electron chi connectivity index (χ2n) is 6.79. The third kappa shape index (κ3) is 4.43. The largest absolute Gasteiger partial charge is 0.492 e. The normalized spacial score (nSPS) is 21.1. The molecule has 8 heteroatoms. The number of hydrogen-bond acceptors (Lipinski definition) is 6. The molecule has 2 aromatic carbocycles. The molecular formula is C21H20N2O4S2. The molecule has 2 atom stereocenters. The van der Waals surface area contributed by atoms with Gasteiger partial charge in [0.25, 0.3) is 11.1 Å². The van der Waals surface area contributed by atoms with Gasteiger partial charge in [0.1, 0.15) is 12.4 Å². The van der Waals surface area contributed by atoms with Gasteiger partial charge in [-0.15, -0.1) is 11.8 Å². The Labute approximate surface area is 177 Å². The molecule has 0 aliphatic carbocycles. The first-order valence-corrected chi connectivity index (χ1v) is 11.1. The summed E-state index contributed by atoms with van der Waals surface area (Å²) in [6, 6.07) is 15.2. The van der Waals surface area contributed by atoms with E-state index in [1.807, 2.05) is 60.4 Å². The van der Waals surface area contributed by atoms with Crippen molar-refractivity contribution in [3.05, 3.63) is 59.7 Å². The highest BCUT2D eigenvalue weighted by molar-refractivity contribution is 8.15. The summed E-state index contributed by atoms with van der Waals surface area (Å²) in [7, 11) is 0. The van der Waals surface area contributed by atoms with Gasteiger partial charge < -0.3 is 9.64 Å². The number of carbonyl (C=O) groups is 3. The molecule has 0 saturated carbocycles. The predicted octanol–water partition coefficient (Wildman–Crippen LogP) is 3.55. The van der Waals surface area contributed by atoms with Crippen LogP contribution < -0.4 is 10.1 Å². The number of imide groups is 1. The quantitative estimate of drug-likeness (QED) is 0.758. The Hall–Kier alpha value is -2.45. The molecule has 0 spiro atoms. The average Bonchev–Trinajstić information content (AvgIpc) is 3.02. The minimum atomic E-state index is -0.374. The number of amides is 3. The molecule has 1 N–H and O–H groups in total. The van der Waals surface area contributed by atoms with Gasteiger partial charge in [-0.2, -0.15) is 0 Å². The van der Waals surface area contributed by atoms with Gasteiger partial charge >= 0.3 is 0 Å². The molecular weight excluding hydrogens is 408 g/mol. The first kappa shape index (κ1) is 19.8. The molecule has 3 amide bonds. The lowest BCUT2D eigenvalue weighted by Gasteiger charge is -2.33. The molecule has 2 aromatic rings. The molecule has 150 valence electrons. The van der Waals surface area contributed by atoms with Crippen LogP contribution in [0.2, 0.25) is 0 Å². The fourth-order valence-electron chi connectivity index (χ4n) is 3.32. The van der Waals surface area contributed by atoms with Gasteiger partial charge in [-0.3, -0.25) is 19.7 Å². The number of benzene rings is 2. The van der Waals surface area contributed by atoms with Crippen LogP contribution in [0.4, 0.5) is 4.79 Å². The van der Waals surface area contributed by atoms with E-state index in [4.69, 9.17) is 4.74 Å². The van der Waals surface area contributed by atoms with E-state index in [2.05, 4.69) is 5.32 Å². The van der Waals surface area contributed by atoms with E-state index in [0.717, 1.165) is 27.8 Å². The third-order valence-electron chi connectivity index (χ3n) is 4.83. The molecule has 2 heterocycles. The molecule has 2 aliphatic rings. The van der Waals surface area contributed by atoms with Gasteiger partial charge in [0.2, 0.25) is 5.91 Å². The number of hydrogen-bond donors (Lipinski definition) is 1. The molecule has 1 fully saturated rings. The topological polar surface area (TPSA) is 75.7 Å². The van der Waals surface area contributed by atoms with Gasteiger partial charge in [-0.25, -0.2) is 0 Å². The summed E-state index contributed by atoms with van der Waals surface area (Å²) in [4.78, 5) is 38.5. The van der Waals surface area contributed by atoms with Crippen molar-refractivity contribution in [2.24, 2.45) is 0 Å². The Morgan fingerprint density at radius 2 is 1.79 bits per heavy atom. The summed E-state index contributed by atoms with van der Waals surface area (Å²) in [5.74, 6) is 0.506. The summed E-state index contributed by atoms with van der Waals surface area (Å²) in [6.07, 6.45) is 0.499. The van der Waals surface area contributed by atoms with Gasteiger partial charge in [0, 0.05) is 4.90 Å². The maximum atomic E-state index is 12.7. The maximum Gasteiger partial charge on any atom is 0.286 e. The number of carbonyl (C=O) groups excluding carboxylic acids is 3. The van der Waals surface area contributed by atoms with Crippen molar-refractivity contribution in [3.8, 4) is 5.75 Å². The lowest BCUT2D eigenvalue weighted by atomic mass is 10.1. The monoisotopic (exact) mass is 428 g/mol. The van der Waals surface area contributed by atoms with E-state index in [-0.39, 0.29) is 27.7 Å². The van der Waals surface area contributed by atoms with Crippen molar-refractivity contribution in [1.29, 1.82) is 0 Å². The van der Waals surface area contributed by atoms with E-state index in [0.29, 0.717) is 25.3 Å². The highest BCUT2D eigenvalue weighted by Gasteiger charge is 2.31. The molecule has 0 bridgehead atoms. The second kappa shape index (κ2) is 8.51. The molecule has 2 aliphatic heterocycles. The van der Waals surface area contributed by atoms with Crippen LogP contribution >= 0.6 is 23.5 Å². The van der Waals surface area contributed by atoms with Crippen molar-refractivity contribution >= 4 is 40.6 Å². The first-order chi connectivity index (χ1) is 14.0. The van der Waals surface area contributed by atoms with Crippen molar-refractivity contribution in [1.82, 2.24) is 10.2 Å². The Balaban J connectivity index is 1.30. The lowest BCUT2D eigenvalue weighted by molar-refractivity contribution is -0.118. The minimum absolute atomic E-state index is 0.0349. The van der Waals surface area contributed by atoms with Crippen molar-refractivity contribution < 1.29 is 19.1 Å². The Morgan fingerprint density at radius 1 is 1.03 bits per heavy atom. The SMILES string of the molecule is CC1Sc2ccccc2C(=O)N1CCOc1ccc(CC2SC(=O)NC2=O)cc1. The van der Waals surface area contributed by atoms with Crippen LogP contribution in [0.3, 0.4) is 0 Å². The van der Waals surface area contributed by atoms with Crippen LogP contribution in [0.1, 0.15) is 22.8 Å². The van der Waals surface area contributed by atoms with E-state index < -0.39 is 0 Å². The minimum Gasteiger partial charge on any atom is -0.492 e. The number of nitrogens with zero attached hydrogens (tertiary/aromatic N) is 1. The van der Waals surface area contributed by atoms with Crippen LogP contribution in [0.15, 0.2) is 53.4 Å². The molecule has 0 aromatic heterocycles. The number of thioether (sulfide) groups is 2. The van der Waals surface area contributed by atoms with E-state index in [1.165, 1.54) is 0 Å². The summed E-state index contributed by atoms with van der Waals surface area (Å²) in [5.41, 5.74) is 1.71. The summed E-state index contributed by atoms with van der Waals surface area (Å²) >= 11 is 2.71. The van der Waals surface area contributed by atoms with E-state index in [1.54, 1.807) is 11.8 Å². The fraction of sp³-hybridized carbons (Fsp3) is 0.286. The van der Waals surface area contributed by atoms with Crippen LogP contribution in [-0.2, 0) is 11.2 Å². The Kier molecular flexibility index (Phi) is 5.82. The first-order valence-electron chi connectivity index (χ1n) is 9.31. The van der Waals surface area contributed by atoms with Crippen LogP contribution in [-0.4, -0.2) is 45.7 Å². The molecule has 2 unspecified atom stereocenters. The van der Waals surface area contributed by atoms with Crippen LogP contribution in [0.5, 0.6) is 5.75 Å². The lowest BCUT2D eigenvalue weighted by Crippen LogP contribution is -2.42. The summed E-state index contributed by atoms with van der Waals surface area (Å²) in [5, 5.41) is 1.69. The molecule has 0 radical (unpaired) electrons. The predicted molar refractivity (Wildman–Crippen MR) is 113 cm³/mol. The number of rotatable bonds is 6. The zero-order chi connectivity index (χ0) is 20.4. The van der Waals surface area contributed by atoms with Gasteiger partial charge in [0.05, 0.1) is 22.7 Å².